The minimum atomic E-state index is -0.794. The molecule has 0 aromatic rings. The molecule has 62 heavy (non-hydrogen) atoms. The van der Waals surface area contributed by atoms with E-state index in [1.807, 2.05) is 0 Å². The van der Waals surface area contributed by atoms with Crippen molar-refractivity contribution in [3.05, 3.63) is 48.6 Å². The van der Waals surface area contributed by atoms with Gasteiger partial charge in [-0.25, -0.2) is 0 Å². The summed E-state index contributed by atoms with van der Waals surface area (Å²) >= 11 is 0. The van der Waals surface area contributed by atoms with E-state index >= 15 is 0 Å². The van der Waals surface area contributed by atoms with E-state index < -0.39 is 18.2 Å². The van der Waals surface area contributed by atoms with E-state index in [0.29, 0.717) is 19.3 Å². The number of amides is 1. The first-order valence-electron chi connectivity index (χ1n) is 26.9. The maximum absolute atomic E-state index is 13.2. The molecule has 0 aromatic carbocycles. The number of nitrogens with one attached hydrogen (secondary N) is 1. The molecular weight excluding hydrogens is 767 g/mol. The Bertz CT molecular complexity index is 1070. The Morgan fingerprint density at radius 3 is 1.35 bits per heavy atom. The first kappa shape index (κ1) is 59.8. The Hall–Kier alpha value is -2.18. The van der Waals surface area contributed by atoms with Gasteiger partial charge in [0.2, 0.25) is 5.91 Å². The SMILES string of the molecule is CCCCC/C=C\C/C=C\CCCCCCCCCC(=O)OC(CCCCCC/C=C/C=C/CCCCC)CC(=O)NC(CO)C(O)CCCCCCCCCCCCCCC. The van der Waals surface area contributed by atoms with Crippen LogP contribution in [0.2, 0.25) is 0 Å². The van der Waals surface area contributed by atoms with Crippen LogP contribution < -0.4 is 5.32 Å². The van der Waals surface area contributed by atoms with Crippen LogP contribution in [0.1, 0.15) is 271 Å². The number of allylic oxidation sites excluding steroid dienone is 8. The Kier molecular flexibility index (Phi) is 48.1. The van der Waals surface area contributed by atoms with E-state index in [1.165, 1.54) is 135 Å². The van der Waals surface area contributed by atoms with E-state index in [-0.39, 0.29) is 24.9 Å². The van der Waals surface area contributed by atoms with Crippen LogP contribution in [0.15, 0.2) is 48.6 Å². The summed E-state index contributed by atoms with van der Waals surface area (Å²) in [6, 6.07) is -0.709. The Labute approximate surface area is 385 Å². The van der Waals surface area contributed by atoms with Gasteiger partial charge in [-0.2, -0.15) is 0 Å². The Balaban J connectivity index is 4.58. The highest BCUT2D eigenvalue weighted by Crippen LogP contribution is 2.18. The number of carbonyl (C=O) groups excluding carboxylic acids is 2. The molecule has 0 aliphatic heterocycles. The van der Waals surface area contributed by atoms with Crippen molar-refractivity contribution in [2.75, 3.05) is 6.61 Å². The Morgan fingerprint density at radius 2 is 0.871 bits per heavy atom. The zero-order valence-electron chi connectivity index (χ0n) is 41.3. The highest BCUT2D eigenvalue weighted by Gasteiger charge is 2.24. The number of esters is 1. The van der Waals surface area contributed by atoms with E-state index in [4.69, 9.17) is 4.74 Å². The summed E-state index contributed by atoms with van der Waals surface area (Å²) < 4.78 is 5.93. The number of hydrogen-bond donors (Lipinski definition) is 3. The van der Waals surface area contributed by atoms with Crippen LogP contribution in [0.3, 0.4) is 0 Å². The average molecular weight is 870 g/mol. The summed E-state index contributed by atoms with van der Waals surface area (Å²) in [7, 11) is 0. The molecule has 0 saturated carbocycles. The van der Waals surface area contributed by atoms with Gasteiger partial charge in [-0.1, -0.05) is 223 Å². The van der Waals surface area contributed by atoms with Crippen molar-refractivity contribution in [3.63, 3.8) is 0 Å². The monoisotopic (exact) mass is 870 g/mol. The third kappa shape index (κ3) is 44.4. The van der Waals surface area contributed by atoms with Gasteiger partial charge in [0, 0.05) is 6.42 Å². The van der Waals surface area contributed by atoms with Crippen molar-refractivity contribution >= 4 is 11.9 Å². The van der Waals surface area contributed by atoms with Crippen LogP contribution in [0.4, 0.5) is 0 Å². The molecule has 6 heteroatoms. The zero-order valence-corrected chi connectivity index (χ0v) is 41.3. The van der Waals surface area contributed by atoms with Gasteiger partial charge in [-0.05, 0) is 83.5 Å². The molecule has 362 valence electrons. The lowest BCUT2D eigenvalue weighted by atomic mass is 10.0. The van der Waals surface area contributed by atoms with Gasteiger partial charge >= 0.3 is 5.97 Å². The molecule has 0 aliphatic carbocycles. The van der Waals surface area contributed by atoms with Gasteiger partial charge in [0.25, 0.3) is 0 Å². The second kappa shape index (κ2) is 49.8. The van der Waals surface area contributed by atoms with Crippen molar-refractivity contribution in [1.29, 1.82) is 0 Å². The number of ether oxygens (including phenoxy) is 1. The summed E-state index contributed by atoms with van der Waals surface area (Å²) in [5, 5.41) is 23.8. The lowest BCUT2D eigenvalue weighted by Gasteiger charge is -2.24. The van der Waals surface area contributed by atoms with Crippen LogP contribution in [0.25, 0.3) is 0 Å². The van der Waals surface area contributed by atoms with Crippen molar-refractivity contribution in [3.8, 4) is 0 Å². The van der Waals surface area contributed by atoms with Gasteiger partial charge in [0.15, 0.2) is 0 Å². The number of aliphatic hydroxyl groups excluding tert-OH is 2. The van der Waals surface area contributed by atoms with Crippen molar-refractivity contribution in [2.45, 2.75) is 289 Å². The van der Waals surface area contributed by atoms with Gasteiger partial charge in [0.1, 0.15) is 6.10 Å². The van der Waals surface area contributed by atoms with Crippen LogP contribution in [0.5, 0.6) is 0 Å². The number of aliphatic hydroxyl groups is 2. The molecule has 0 aromatic heterocycles. The first-order chi connectivity index (χ1) is 30.5. The minimum absolute atomic E-state index is 0.0615. The van der Waals surface area contributed by atoms with Gasteiger partial charge in [-0.3, -0.25) is 9.59 Å². The van der Waals surface area contributed by atoms with E-state index in [9.17, 15) is 19.8 Å². The zero-order chi connectivity index (χ0) is 45.2. The highest BCUT2D eigenvalue weighted by molar-refractivity contribution is 5.77. The minimum Gasteiger partial charge on any atom is -0.462 e. The van der Waals surface area contributed by atoms with Crippen LogP contribution in [0, 0.1) is 0 Å². The molecule has 0 bridgehead atoms. The predicted octanol–water partition coefficient (Wildman–Crippen LogP) is 16.2. The number of carbonyl (C=O) groups is 2. The highest BCUT2D eigenvalue weighted by atomic mass is 16.5. The maximum atomic E-state index is 13.2. The fourth-order valence-corrected chi connectivity index (χ4v) is 8.04. The quantitative estimate of drug-likeness (QED) is 0.0245. The molecule has 0 spiro atoms. The summed E-state index contributed by atoms with van der Waals surface area (Å²) in [6.07, 6.45) is 60.2. The third-order valence-corrected chi connectivity index (χ3v) is 12.2. The molecule has 6 nitrogen and oxygen atoms in total. The first-order valence-corrected chi connectivity index (χ1v) is 26.9. The summed E-state index contributed by atoms with van der Waals surface area (Å²) in [4.78, 5) is 26.2. The fraction of sp³-hybridized carbons (Fsp3) is 0.821. The maximum Gasteiger partial charge on any atom is 0.306 e. The fourth-order valence-electron chi connectivity index (χ4n) is 8.04. The molecule has 0 aliphatic rings. The van der Waals surface area contributed by atoms with Crippen LogP contribution in [-0.4, -0.2) is 46.9 Å². The van der Waals surface area contributed by atoms with Crippen molar-refractivity contribution < 1.29 is 24.5 Å². The summed E-state index contributed by atoms with van der Waals surface area (Å²) in [6.45, 7) is 6.43. The molecular formula is C56H103NO5. The smallest absolute Gasteiger partial charge is 0.306 e. The molecule has 0 heterocycles. The number of unbranched alkanes of at least 4 members (excludes halogenated alkanes) is 29. The standard InChI is InChI=1S/C56H103NO5/c1-4-7-10-13-16-19-22-25-26-27-28-31-34-37-40-43-46-49-56(61)62-52(47-44-41-38-35-32-29-23-20-17-14-11-8-5-2)50-55(60)57-53(51-58)54(59)48-45-42-39-36-33-30-24-21-18-15-12-9-6-3/h16-17,19-20,23,25-26,29,52-54,58-59H,4-15,18,21-22,24,27-28,30-51H2,1-3H3,(H,57,60)/b19-16-,20-17+,26-25-,29-23+. The van der Waals surface area contributed by atoms with E-state index in [0.717, 1.165) is 89.9 Å². The average Bonchev–Trinajstić information content (AvgIpc) is 3.26. The number of rotatable bonds is 48. The molecule has 0 rings (SSSR count). The van der Waals surface area contributed by atoms with Gasteiger partial charge < -0.3 is 20.3 Å². The second-order valence-electron chi connectivity index (χ2n) is 18.3. The third-order valence-electron chi connectivity index (χ3n) is 12.2. The second-order valence-corrected chi connectivity index (χ2v) is 18.3. The van der Waals surface area contributed by atoms with Crippen molar-refractivity contribution in [2.24, 2.45) is 0 Å². The predicted molar refractivity (Wildman–Crippen MR) is 269 cm³/mol. The van der Waals surface area contributed by atoms with Gasteiger partial charge in [-0.15, -0.1) is 0 Å². The molecule has 3 unspecified atom stereocenters. The topological polar surface area (TPSA) is 95.9 Å². The molecule has 0 saturated heterocycles. The molecule has 1 amide bonds. The van der Waals surface area contributed by atoms with Crippen LogP contribution in [-0.2, 0) is 14.3 Å². The van der Waals surface area contributed by atoms with E-state index in [2.05, 4.69) is 74.7 Å². The normalized spacial score (nSPS) is 13.6. The lowest BCUT2D eigenvalue weighted by Crippen LogP contribution is -2.46. The molecule has 3 atom stereocenters. The largest absolute Gasteiger partial charge is 0.462 e. The van der Waals surface area contributed by atoms with E-state index in [1.54, 1.807) is 0 Å². The molecule has 0 radical (unpaired) electrons. The van der Waals surface area contributed by atoms with Crippen LogP contribution >= 0.6 is 0 Å². The van der Waals surface area contributed by atoms with Gasteiger partial charge in [0.05, 0.1) is 25.2 Å². The summed E-state index contributed by atoms with van der Waals surface area (Å²) in [5.74, 6) is -0.497. The summed E-state index contributed by atoms with van der Waals surface area (Å²) in [5.41, 5.74) is 0. The lowest BCUT2D eigenvalue weighted by molar-refractivity contribution is -0.151. The van der Waals surface area contributed by atoms with Crippen molar-refractivity contribution in [1.82, 2.24) is 5.32 Å². The molecule has 3 N–H and O–H groups in total. The molecule has 0 fully saturated rings. The number of hydrogen-bond acceptors (Lipinski definition) is 5. The Morgan fingerprint density at radius 1 is 0.484 bits per heavy atom.